The van der Waals surface area contributed by atoms with Gasteiger partial charge in [0.05, 0.1) is 10.2 Å². The van der Waals surface area contributed by atoms with Crippen molar-refractivity contribution >= 4 is 39.3 Å². The van der Waals surface area contributed by atoms with Crippen molar-refractivity contribution in [1.29, 1.82) is 0 Å². The number of amides is 2. The van der Waals surface area contributed by atoms with E-state index in [-0.39, 0.29) is 17.5 Å². The molecule has 2 amide bonds. The number of piperidine rings is 1. The van der Waals surface area contributed by atoms with Gasteiger partial charge in [-0.15, -0.1) is 5.10 Å². The van der Waals surface area contributed by atoms with E-state index in [1.807, 2.05) is 23.1 Å². The Morgan fingerprint density at radius 2 is 1.90 bits per heavy atom. The van der Waals surface area contributed by atoms with E-state index in [1.165, 1.54) is 11.6 Å². The van der Waals surface area contributed by atoms with E-state index in [1.54, 1.807) is 23.6 Å². The predicted molar refractivity (Wildman–Crippen MR) is 151 cm³/mol. The summed E-state index contributed by atoms with van der Waals surface area (Å²) in [6.45, 7) is 6.68. The van der Waals surface area contributed by atoms with Crippen molar-refractivity contribution in [3.05, 3.63) is 65.9 Å². The number of likely N-dealkylation sites (tertiary alicyclic amines) is 2. The van der Waals surface area contributed by atoms with Crippen molar-refractivity contribution in [3.63, 3.8) is 0 Å². The van der Waals surface area contributed by atoms with E-state index in [4.69, 9.17) is 4.74 Å². The minimum atomic E-state index is -0.212. The minimum absolute atomic E-state index is 0.0697. The molecule has 2 aliphatic heterocycles. The molecule has 1 N–H and O–H groups in total. The topological polar surface area (TPSA) is 92.6 Å². The van der Waals surface area contributed by atoms with Crippen LogP contribution in [0.2, 0.25) is 0 Å². The van der Waals surface area contributed by atoms with E-state index in [0.29, 0.717) is 24.1 Å². The fourth-order valence-corrected chi connectivity index (χ4v) is 6.65. The molecule has 39 heavy (non-hydrogen) atoms. The first-order chi connectivity index (χ1) is 18.9. The highest BCUT2D eigenvalue weighted by Crippen LogP contribution is 2.41. The summed E-state index contributed by atoms with van der Waals surface area (Å²) < 4.78 is 8.80. The molecule has 0 aliphatic carbocycles. The molecule has 4 aromatic rings. The van der Waals surface area contributed by atoms with Gasteiger partial charge in [-0.3, -0.25) is 9.69 Å². The molecule has 202 valence electrons. The van der Waals surface area contributed by atoms with E-state index in [2.05, 4.69) is 51.5 Å². The monoisotopic (exact) mass is 544 g/mol. The molecule has 2 fully saturated rings. The van der Waals surface area contributed by atoms with Crippen molar-refractivity contribution in [2.24, 2.45) is 0 Å². The number of carbonyl (C=O) groups excluding carboxylic acids is 2. The first kappa shape index (κ1) is 25.5. The molecule has 6 rings (SSSR count). The fraction of sp³-hybridized carbons (Fsp3) is 0.379. The molecule has 9 nitrogen and oxygen atoms in total. The predicted octanol–water partition coefficient (Wildman–Crippen LogP) is 5.65. The maximum atomic E-state index is 13.1. The van der Waals surface area contributed by atoms with E-state index >= 15 is 0 Å². The van der Waals surface area contributed by atoms with E-state index in [0.717, 1.165) is 65.9 Å². The number of anilines is 1. The number of nitrogens with zero attached hydrogens (tertiary/aromatic N) is 5. The Kier molecular flexibility index (Phi) is 6.82. The summed E-state index contributed by atoms with van der Waals surface area (Å²) in [4.78, 5) is 33.5. The van der Waals surface area contributed by atoms with Gasteiger partial charge < -0.3 is 15.0 Å². The number of hydrogen-bond acceptors (Lipinski definition) is 7. The number of carbonyl (C=O) groups is 2. The van der Waals surface area contributed by atoms with Crippen LogP contribution in [0.1, 0.15) is 43.7 Å². The quantitative estimate of drug-likeness (QED) is 0.349. The first-order valence-electron chi connectivity index (χ1n) is 13.4. The number of aryl methyl sites for hydroxylation is 1. The zero-order valence-electron chi connectivity index (χ0n) is 22.2. The lowest BCUT2D eigenvalue weighted by molar-refractivity contribution is -0.114. The highest BCUT2D eigenvalue weighted by Gasteiger charge is 2.44. The summed E-state index contributed by atoms with van der Waals surface area (Å²) in [5.74, 6) is 1.03. The lowest BCUT2D eigenvalue weighted by Gasteiger charge is -2.45. The average Bonchev–Trinajstić information content (AvgIpc) is 3.64. The second-order valence-electron chi connectivity index (χ2n) is 10.5. The first-order valence-corrected chi connectivity index (χ1v) is 14.2. The zero-order chi connectivity index (χ0) is 27.0. The Morgan fingerprint density at radius 3 is 2.69 bits per heavy atom. The van der Waals surface area contributed by atoms with Gasteiger partial charge in [-0.25, -0.2) is 9.78 Å². The maximum absolute atomic E-state index is 13.1. The number of nitrogens with one attached hydrogen (secondary N) is 1. The molecule has 2 saturated heterocycles. The van der Waals surface area contributed by atoms with Crippen LogP contribution in [-0.2, 0) is 11.3 Å². The van der Waals surface area contributed by atoms with Crippen LogP contribution >= 0.6 is 11.3 Å². The number of para-hydroxylation sites is 1. The highest BCUT2D eigenvalue weighted by atomic mass is 32.1. The molecular formula is C29H32N6O3S. The number of thiazole rings is 1. The SMILES string of the molecule is CC(=O)Nc1ccn(C(=O)N2CCC3(CCCN3Cc3ccc(C)cc3Oc3nc4ccccc4s3)CC2)n1. The summed E-state index contributed by atoms with van der Waals surface area (Å²) in [5, 5.41) is 7.49. The van der Waals surface area contributed by atoms with Crippen LogP contribution in [-0.4, -0.2) is 61.7 Å². The van der Waals surface area contributed by atoms with Crippen molar-refractivity contribution in [3.8, 4) is 10.9 Å². The molecule has 0 saturated carbocycles. The van der Waals surface area contributed by atoms with Gasteiger partial charge in [-0.2, -0.15) is 4.68 Å². The van der Waals surface area contributed by atoms with Gasteiger partial charge in [-0.1, -0.05) is 35.6 Å². The third-order valence-electron chi connectivity index (χ3n) is 7.85. The van der Waals surface area contributed by atoms with Crippen molar-refractivity contribution in [1.82, 2.24) is 24.6 Å². The van der Waals surface area contributed by atoms with Crippen LogP contribution in [0.25, 0.3) is 10.2 Å². The lowest BCUT2D eigenvalue weighted by Crippen LogP contribution is -2.53. The van der Waals surface area contributed by atoms with Crippen molar-refractivity contribution in [2.75, 3.05) is 25.0 Å². The molecule has 0 unspecified atom stereocenters. The fourth-order valence-electron chi connectivity index (χ4n) is 5.83. The van der Waals surface area contributed by atoms with E-state index in [9.17, 15) is 9.59 Å². The summed E-state index contributed by atoms with van der Waals surface area (Å²) in [6, 6.07) is 16.0. The molecule has 4 heterocycles. The zero-order valence-corrected chi connectivity index (χ0v) is 23.0. The minimum Gasteiger partial charge on any atom is -0.431 e. The Balaban J connectivity index is 1.15. The standard InChI is InChI=1S/C29H32N6O3S/c1-20-8-9-22(24(18-20)38-27-31-23-6-3-4-7-25(23)39-27)19-34-14-5-11-29(34)12-16-33(17-13-29)28(37)35-15-10-26(32-35)30-21(2)36/h3-4,6-10,15,18H,5,11-14,16-17,19H2,1-2H3,(H,30,32,36). The van der Waals surface area contributed by atoms with Gasteiger partial charge >= 0.3 is 6.03 Å². The largest absolute Gasteiger partial charge is 0.431 e. The molecular weight excluding hydrogens is 512 g/mol. The van der Waals surface area contributed by atoms with E-state index < -0.39 is 0 Å². The highest BCUT2D eigenvalue weighted by molar-refractivity contribution is 7.20. The lowest BCUT2D eigenvalue weighted by atomic mass is 9.84. The van der Waals surface area contributed by atoms with Crippen molar-refractivity contribution in [2.45, 2.75) is 51.6 Å². The van der Waals surface area contributed by atoms with Crippen LogP contribution in [0, 0.1) is 6.92 Å². The summed E-state index contributed by atoms with van der Waals surface area (Å²) in [5.41, 5.74) is 3.33. The molecule has 2 aliphatic rings. The van der Waals surface area contributed by atoms with Gasteiger partial charge in [0.25, 0.3) is 5.19 Å². The Bertz CT molecular complexity index is 1490. The average molecular weight is 545 g/mol. The maximum Gasteiger partial charge on any atom is 0.344 e. The molecule has 10 heteroatoms. The second-order valence-corrected chi connectivity index (χ2v) is 11.5. The Labute approximate surface area is 231 Å². The number of fused-ring (bicyclic) bond motifs is 1. The van der Waals surface area contributed by atoms with Gasteiger partial charge in [0, 0.05) is 49.9 Å². The number of benzene rings is 2. The van der Waals surface area contributed by atoms with Crippen LogP contribution in [0.5, 0.6) is 10.9 Å². The Hall–Kier alpha value is -3.76. The summed E-state index contributed by atoms with van der Waals surface area (Å²) in [7, 11) is 0. The van der Waals surface area contributed by atoms with Gasteiger partial charge in [0.15, 0.2) is 5.82 Å². The van der Waals surface area contributed by atoms with Gasteiger partial charge in [0.1, 0.15) is 5.75 Å². The second kappa shape index (κ2) is 10.4. The smallest absolute Gasteiger partial charge is 0.344 e. The number of rotatable bonds is 5. The number of ether oxygens (including phenoxy) is 1. The Morgan fingerprint density at radius 1 is 1.08 bits per heavy atom. The third kappa shape index (κ3) is 5.26. The van der Waals surface area contributed by atoms with Crippen LogP contribution in [0.4, 0.5) is 10.6 Å². The molecule has 2 aromatic carbocycles. The number of hydrogen-bond donors (Lipinski definition) is 1. The molecule has 0 radical (unpaired) electrons. The third-order valence-corrected chi connectivity index (χ3v) is 8.76. The summed E-state index contributed by atoms with van der Waals surface area (Å²) >= 11 is 1.56. The van der Waals surface area contributed by atoms with Gasteiger partial charge in [0.2, 0.25) is 5.91 Å². The molecule has 2 aromatic heterocycles. The van der Waals surface area contributed by atoms with Crippen LogP contribution < -0.4 is 10.1 Å². The van der Waals surface area contributed by atoms with Crippen molar-refractivity contribution < 1.29 is 14.3 Å². The molecule has 0 bridgehead atoms. The van der Waals surface area contributed by atoms with Gasteiger partial charge in [-0.05, 0) is 62.9 Å². The summed E-state index contributed by atoms with van der Waals surface area (Å²) in [6.07, 6.45) is 5.71. The van der Waals surface area contributed by atoms with Crippen LogP contribution in [0.3, 0.4) is 0 Å². The van der Waals surface area contributed by atoms with Crippen LogP contribution in [0.15, 0.2) is 54.7 Å². The molecule has 0 atom stereocenters. The normalized spacial score (nSPS) is 17.1. The number of aromatic nitrogens is 3. The molecule has 1 spiro atoms.